The van der Waals surface area contributed by atoms with Crippen LogP contribution in [0.4, 0.5) is 26.3 Å². The summed E-state index contributed by atoms with van der Waals surface area (Å²) in [7, 11) is 0. The summed E-state index contributed by atoms with van der Waals surface area (Å²) in [6, 6.07) is -3.84. The van der Waals surface area contributed by atoms with Gasteiger partial charge in [0.05, 0.1) is 12.5 Å². The van der Waals surface area contributed by atoms with Crippen molar-refractivity contribution in [3.05, 3.63) is 0 Å². The summed E-state index contributed by atoms with van der Waals surface area (Å²) in [5.74, 6) is -1.35. The molecule has 9 heteroatoms. The number of hydrogen-bond donors (Lipinski definition) is 1. The molecular formula is C7H7F6NO2. The molecule has 0 aromatic rings. The van der Waals surface area contributed by atoms with Gasteiger partial charge in [-0.1, -0.05) is 0 Å². The van der Waals surface area contributed by atoms with E-state index in [1.807, 2.05) is 0 Å². The molecule has 1 N–H and O–H groups in total. The third-order valence-corrected chi connectivity index (χ3v) is 2.07. The van der Waals surface area contributed by atoms with Crippen LogP contribution in [0.15, 0.2) is 0 Å². The molecule has 16 heavy (non-hydrogen) atoms. The van der Waals surface area contributed by atoms with Gasteiger partial charge in [0.15, 0.2) is 0 Å². The van der Waals surface area contributed by atoms with E-state index in [1.165, 1.54) is 0 Å². The number of aliphatic hydroxyl groups is 1. The van der Waals surface area contributed by atoms with E-state index in [4.69, 9.17) is 5.11 Å². The van der Waals surface area contributed by atoms with E-state index in [1.54, 1.807) is 0 Å². The predicted molar refractivity (Wildman–Crippen MR) is 38.2 cm³/mol. The molecule has 1 saturated heterocycles. The van der Waals surface area contributed by atoms with Crippen LogP contribution in [0.25, 0.3) is 0 Å². The number of likely N-dealkylation sites (tertiary alicyclic amines) is 1. The Bertz CT molecular complexity index is 272. The monoisotopic (exact) mass is 251 g/mol. The smallest absolute Gasteiger partial charge is 0.391 e. The second kappa shape index (κ2) is 3.79. The van der Waals surface area contributed by atoms with E-state index in [-0.39, 0.29) is 4.90 Å². The largest absolute Gasteiger partial charge is 0.417 e. The van der Waals surface area contributed by atoms with Crippen molar-refractivity contribution >= 4 is 5.91 Å². The van der Waals surface area contributed by atoms with Crippen molar-refractivity contribution in [2.24, 2.45) is 0 Å². The highest BCUT2D eigenvalue weighted by molar-refractivity contribution is 5.79. The molecule has 1 atom stereocenters. The van der Waals surface area contributed by atoms with Crippen molar-refractivity contribution in [1.29, 1.82) is 0 Å². The highest BCUT2D eigenvalue weighted by Crippen LogP contribution is 2.38. The van der Waals surface area contributed by atoms with Crippen LogP contribution < -0.4 is 0 Å². The number of rotatable bonds is 1. The minimum Gasteiger partial charge on any atom is -0.391 e. The molecule has 0 aliphatic carbocycles. The van der Waals surface area contributed by atoms with E-state index in [0.717, 1.165) is 0 Å². The Kier molecular flexibility index (Phi) is 3.10. The van der Waals surface area contributed by atoms with Crippen molar-refractivity contribution < 1.29 is 36.2 Å². The molecule has 0 aromatic heterocycles. The van der Waals surface area contributed by atoms with Gasteiger partial charge in [0.25, 0.3) is 0 Å². The summed E-state index contributed by atoms with van der Waals surface area (Å²) < 4.78 is 73.0. The SMILES string of the molecule is O=C1CC(O)CN1C(C(F)(F)F)C(F)(F)F. The van der Waals surface area contributed by atoms with Gasteiger partial charge in [0, 0.05) is 6.54 Å². The quantitative estimate of drug-likeness (QED) is 0.708. The van der Waals surface area contributed by atoms with Crippen LogP contribution in [-0.2, 0) is 4.79 Å². The van der Waals surface area contributed by atoms with Gasteiger partial charge in [-0.15, -0.1) is 0 Å². The molecule has 1 unspecified atom stereocenters. The Morgan fingerprint density at radius 3 is 1.88 bits per heavy atom. The van der Waals surface area contributed by atoms with Crippen molar-refractivity contribution in [2.45, 2.75) is 30.9 Å². The first-order chi connectivity index (χ1) is 7.03. The van der Waals surface area contributed by atoms with Gasteiger partial charge in [-0.05, 0) is 0 Å². The number of β-amino-alcohol motifs (C(OH)–C–C–N with tert-alkyl or cyclic N) is 1. The Morgan fingerprint density at radius 1 is 1.19 bits per heavy atom. The number of carbonyl (C=O) groups is 1. The molecule has 1 aliphatic rings. The van der Waals surface area contributed by atoms with Gasteiger partial charge in [-0.25, -0.2) is 0 Å². The molecule has 0 radical (unpaired) electrons. The fourth-order valence-corrected chi connectivity index (χ4v) is 1.50. The van der Waals surface area contributed by atoms with Crippen LogP contribution >= 0.6 is 0 Å². The van der Waals surface area contributed by atoms with Crippen LogP contribution in [0.2, 0.25) is 0 Å². The molecule has 0 saturated carbocycles. The maximum absolute atomic E-state index is 12.2. The van der Waals surface area contributed by atoms with Gasteiger partial charge in [0.1, 0.15) is 0 Å². The number of aliphatic hydroxyl groups excluding tert-OH is 1. The fraction of sp³-hybridized carbons (Fsp3) is 0.857. The highest BCUT2D eigenvalue weighted by atomic mass is 19.4. The maximum atomic E-state index is 12.2. The van der Waals surface area contributed by atoms with Crippen LogP contribution in [-0.4, -0.2) is 47.0 Å². The summed E-state index contributed by atoms with van der Waals surface area (Å²) >= 11 is 0. The first kappa shape index (κ1) is 13.1. The van der Waals surface area contributed by atoms with E-state index < -0.39 is 43.4 Å². The normalized spacial score (nSPS) is 23.4. The molecule has 0 bridgehead atoms. The second-order valence-electron chi connectivity index (χ2n) is 3.39. The third-order valence-electron chi connectivity index (χ3n) is 2.07. The van der Waals surface area contributed by atoms with Crippen molar-refractivity contribution in [3.63, 3.8) is 0 Å². The Labute approximate surface area is 85.6 Å². The standard InChI is InChI=1S/C7H7F6NO2/c8-6(9,10)5(7(11,12)13)14-2-3(15)1-4(14)16/h3,5,15H,1-2H2. The topological polar surface area (TPSA) is 40.5 Å². The second-order valence-corrected chi connectivity index (χ2v) is 3.39. The van der Waals surface area contributed by atoms with Crippen LogP contribution in [0.5, 0.6) is 0 Å². The van der Waals surface area contributed by atoms with Crippen molar-refractivity contribution in [2.75, 3.05) is 6.54 Å². The number of halogens is 6. The van der Waals surface area contributed by atoms with E-state index in [9.17, 15) is 31.1 Å². The molecule has 1 amide bonds. The zero-order chi connectivity index (χ0) is 12.7. The molecule has 94 valence electrons. The molecule has 1 fully saturated rings. The zero-order valence-corrected chi connectivity index (χ0v) is 7.64. The Balaban J connectivity index is 2.99. The molecule has 0 spiro atoms. The first-order valence-electron chi connectivity index (χ1n) is 4.14. The van der Waals surface area contributed by atoms with Crippen LogP contribution in [0.1, 0.15) is 6.42 Å². The van der Waals surface area contributed by atoms with Gasteiger partial charge >= 0.3 is 12.4 Å². The van der Waals surface area contributed by atoms with Crippen LogP contribution in [0, 0.1) is 0 Å². The zero-order valence-electron chi connectivity index (χ0n) is 7.64. The highest BCUT2D eigenvalue weighted by Gasteiger charge is 2.62. The van der Waals surface area contributed by atoms with Crippen molar-refractivity contribution in [3.8, 4) is 0 Å². The molecule has 1 aliphatic heterocycles. The number of nitrogens with zero attached hydrogens (tertiary/aromatic N) is 1. The van der Waals surface area contributed by atoms with Gasteiger partial charge in [-0.2, -0.15) is 26.3 Å². The number of carbonyl (C=O) groups excluding carboxylic acids is 1. The summed E-state index contributed by atoms with van der Waals surface area (Å²) in [5.41, 5.74) is 0. The Morgan fingerprint density at radius 2 is 1.62 bits per heavy atom. The lowest BCUT2D eigenvalue weighted by Crippen LogP contribution is -2.55. The molecule has 3 nitrogen and oxygen atoms in total. The summed E-state index contributed by atoms with van der Waals surface area (Å²) in [6.45, 7) is -0.956. The average molecular weight is 251 g/mol. The fourth-order valence-electron chi connectivity index (χ4n) is 1.50. The minimum atomic E-state index is -5.60. The van der Waals surface area contributed by atoms with E-state index in [2.05, 4.69) is 0 Å². The third kappa shape index (κ3) is 2.57. The maximum Gasteiger partial charge on any atom is 0.417 e. The lowest BCUT2D eigenvalue weighted by Gasteiger charge is -2.31. The molecule has 1 rings (SSSR count). The molecular weight excluding hydrogens is 244 g/mol. The summed E-state index contributed by atoms with van der Waals surface area (Å²) in [4.78, 5) is 10.5. The Hall–Kier alpha value is -0.990. The minimum absolute atomic E-state index is 0.384. The molecule has 0 aromatic carbocycles. The van der Waals surface area contributed by atoms with Gasteiger partial charge in [-0.3, -0.25) is 4.79 Å². The average Bonchev–Trinajstić information content (AvgIpc) is 2.23. The molecule has 1 heterocycles. The lowest BCUT2D eigenvalue weighted by molar-refractivity contribution is -0.282. The van der Waals surface area contributed by atoms with Crippen LogP contribution in [0.3, 0.4) is 0 Å². The number of hydrogen-bond acceptors (Lipinski definition) is 2. The summed E-state index contributed by atoms with van der Waals surface area (Å²) in [6.07, 6.45) is -13.4. The first-order valence-corrected chi connectivity index (χ1v) is 4.14. The number of amides is 1. The van der Waals surface area contributed by atoms with Gasteiger partial charge in [0.2, 0.25) is 11.9 Å². The predicted octanol–water partition coefficient (Wildman–Crippen LogP) is 1.07. The van der Waals surface area contributed by atoms with Gasteiger partial charge < -0.3 is 10.0 Å². The van der Waals surface area contributed by atoms with E-state index >= 15 is 0 Å². The number of alkyl halides is 6. The van der Waals surface area contributed by atoms with E-state index in [0.29, 0.717) is 0 Å². The summed E-state index contributed by atoms with van der Waals surface area (Å²) in [5, 5.41) is 8.85. The lowest BCUT2D eigenvalue weighted by atomic mass is 10.2. The van der Waals surface area contributed by atoms with Crippen molar-refractivity contribution in [1.82, 2.24) is 4.90 Å².